The second kappa shape index (κ2) is 6.74. The molecule has 0 fully saturated rings. The molecule has 0 spiro atoms. The topological polar surface area (TPSA) is 81.9 Å². The predicted octanol–water partition coefficient (Wildman–Crippen LogP) is 1.99. The first-order valence-corrected chi connectivity index (χ1v) is 6.08. The predicted molar refractivity (Wildman–Crippen MR) is 74.1 cm³/mol. The number of para-hydroxylation sites is 1. The maximum atomic E-state index is 11.3. The Morgan fingerprint density at radius 2 is 2.10 bits per heavy atom. The van der Waals surface area contributed by atoms with Gasteiger partial charge in [0.2, 0.25) is 0 Å². The molecule has 0 aliphatic rings. The summed E-state index contributed by atoms with van der Waals surface area (Å²) in [5.41, 5.74) is 0.145. The van der Waals surface area contributed by atoms with Crippen molar-refractivity contribution in [2.24, 2.45) is 0 Å². The van der Waals surface area contributed by atoms with E-state index in [2.05, 4.69) is 4.74 Å². The van der Waals surface area contributed by atoms with Gasteiger partial charge < -0.3 is 14.4 Å². The molecule has 1 rings (SSSR count). The van der Waals surface area contributed by atoms with Gasteiger partial charge in [-0.05, 0) is 26.0 Å². The van der Waals surface area contributed by atoms with E-state index in [-0.39, 0.29) is 24.1 Å². The summed E-state index contributed by atoms with van der Waals surface area (Å²) in [4.78, 5) is 23.5. The second-order valence-corrected chi connectivity index (χ2v) is 4.48. The molecule has 0 bridgehead atoms. The molecule has 0 saturated heterocycles. The van der Waals surface area contributed by atoms with E-state index in [1.165, 1.54) is 18.1 Å². The largest absolute Gasteiger partial charge is 0.484 e. The number of carbonyl (C=O) groups is 1. The quantitative estimate of drug-likeness (QED) is 0.451. The van der Waals surface area contributed by atoms with Crippen LogP contribution in [0.5, 0.6) is 5.75 Å². The van der Waals surface area contributed by atoms with Gasteiger partial charge in [0, 0.05) is 7.05 Å². The summed E-state index contributed by atoms with van der Waals surface area (Å²) < 4.78 is 10.0. The number of nitrogens with zero attached hydrogens (tertiary/aromatic N) is 2. The van der Waals surface area contributed by atoms with Gasteiger partial charge in [-0.2, -0.15) is 0 Å². The third-order valence-corrected chi connectivity index (χ3v) is 2.53. The number of nitro benzene ring substituents is 1. The number of carbonyl (C=O) groups excluding carboxylic acids is 1. The van der Waals surface area contributed by atoms with Crippen LogP contribution >= 0.6 is 0 Å². The molecular weight excluding hydrogens is 264 g/mol. The minimum atomic E-state index is -0.513. The van der Waals surface area contributed by atoms with Crippen molar-refractivity contribution >= 4 is 17.3 Å². The number of methoxy groups -OCH3 is 1. The van der Waals surface area contributed by atoms with Crippen LogP contribution < -0.4 is 9.64 Å². The third-order valence-electron chi connectivity index (χ3n) is 2.53. The summed E-state index contributed by atoms with van der Waals surface area (Å²) in [6, 6.07) is 4.75. The van der Waals surface area contributed by atoms with Crippen molar-refractivity contribution in [1.82, 2.24) is 0 Å². The molecule has 0 unspecified atom stereocenters. The lowest BCUT2D eigenvalue weighted by molar-refractivity contribution is -0.385. The van der Waals surface area contributed by atoms with Crippen LogP contribution in [-0.4, -0.2) is 37.7 Å². The first-order chi connectivity index (χ1) is 9.36. The van der Waals surface area contributed by atoms with E-state index in [4.69, 9.17) is 4.74 Å². The lowest BCUT2D eigenvalue weighted by Crippen LogP contribution is -2.27. The van der Waals surface area contributed by atoms with E-state index in [0.717, 1.165) is 0 Å². The molecule has 1 aromatic carbocycles. The van der Waals surface area contributed by atoms with Gasteiger partial charge in [0.25, 0.3) is 0 Å². The molecule has 0 aromatic heterocycles. The number of rotatable bonds is 6. The molecule has 7 nitrogen and oxygen atoms in total. The Hall–Kier alpha value is -2.31. The molecule has 0 amide bonds. The molecule has 0 radical (unpaired) electrons. The number of likely N-dealkylation sites (N-methyl/N-ethyl adjacent to an activating group) is 1. The molecular formula is C13H18N2O5. The Bertz CT molecular complexity index is 502. The number of benzene rings is 1. The van der Waals surface area contributed by atoms with Gasteiger partial charge in [-0.15, -0.1) is 0 Å². The Balaban J connectivity index is 3.18. The monoisotopic (exact) mass is 282 g/mol. The third kappa shape index (κ3) is 3.84. The van der Waals surface area contributed by atoms with E-state index >= 15 is 0 Å². The van der Waals surface area contributed by atoms with E-state index in [0.29, 0.717) is 5.69 Å². The minimum Gasteiger partial charge on any atom is -0.484 e. The number of ether oxygens (including phenoxy) is 2. The summed E-state index contributed by atoms with van der Waals surface area (Å²) in [7, 11) is 2.85. The fraction of sp³-hybridized carbons (Fsp3) is 0.462. The van der Waals surface area contributed by atoms with Gasteiger partial charge in [-0.25, -0.2) is 0 Å². The van der Waals surface area contributed by atoms with Crippen molar-refractivity contribution < 1.29 is 19.2 Å². The molecule has 7 heteroatoms. The normalized spacial score (nSPS) is 10.2. The van der Waals surface area contributed by atoms with Gasteiger partial charge in [-0.1, -0.05) is 6.07 Å². The SMILES string of the molecule is COC(=O)CN(C)c1cccc(OC(C)C)c1[N+](=O)[O-]. The first-order valence-electron chi connectivity index (χ1n) is 6.08. The molecule has 110 valence electrons. The van der Waals surface area contributed by atoms with E-state index in [1.54, 1.807) is 33.0 Å². The number of anilines is 1. The molecule has 20 heavy (non-hydrogen) atoms. The zero-order chi connectivity index (χ0) is 15.3. The number of nitro groups is 1. The number of hydrogen-bond donors (Lipinski definition) is 0. The zero-order valence-electron chi connectivity index (χ0n) is 12.0. The highest BCUT2D eigenvalue weighted by atomic mass is 16.6. The molecule has 1 aromatic rings. The van der Waals surface area contributed by atoms with Crippen LogP contribution in [0.1, 0.15) is 13.8 Å². The van der Waals surface area contributed by atoms with Crippen LogP contribution in [0, 0.1) is 10.1 Å². The van der Waals surface area contributed by atoms with E-state index in [9.17, 15) is 14.9 Å². The molecule has 0 atom stereocenters. The fourth-order valence-corrected chi connectivity index (χ4v) is 1.69. The van der Waals surface area contributed by atoms with Crippen molar-refractivity contribution in [2.45, 2.75) is 20.0 Å². The van der Waals surface area contributed by atoms with E-state index in [1.807, 2.05) is 0 Å². The Labute approximate surface area is 117 Å². The van der Waals surface area contributed by atoms with Gasteiger partial charge >= 0.3 is 11.7 Å². The van der Waals surface area contributed by atoms with Crippen molar-refractivity contribution in [1.29, 1.82) is 0 Å². The van der Waals surface area contributed by atoms with Crippen LogP contribution in [0.4, 0.5) is 11.4 Å². The van der Waals surface area contributed by atoms with Crippen LogP contribution in [0.2, 0.25) is 0 Å². The van der Waals surface area contributed by atoms with Gasteiger partial charge in [0.1, 0.15) is 12.2 Å². The Kier molecular flexibility index (Phi) is 5.31. The molecule has 0 N–H and O–H groups in total. The lowest BCUT2D eigenvalue weighted by Gasteiger charge is -2.19. The van der Waals surface area contributed by atoms with Crippen molar-refractivity contribution in [2.75, 3.05) is 25.6 Å². The minimum absolute atomic E-state index is 0.0809. The standard InChI is InChI=1S/C13H18N2O5/c1-9(2)20-11-7-5-6-10(13(11)15(17)18)14(3)8-12(16)19-4/h5-7,9H,8H2,1-4H3. The maximum Gasteiger partial charge on any atom is 0.333 e. The lowest BCUT2D eigenvalue weighted by atomic mass is 10.2. The highest BCUT2D eigenvalue weighted by molar-refractivity contribution is 5.78. The average Bonchev–Trinajstić information content (AvgIpc) is 2.37. The summed E-state index contributed by atoms with van der Waals surface area (Å²) in [6.07, 6.45) is -0.185. The summed E-state index contributed by atoms with van der Waals surface area (Å²) in [5, 5.41) is 11.3. The van der Waals surface area contributed by atoms with Crippen molar-refractivity contribution in [3.8, 4) is 5.75 Å². The van der Waals surface area contributed by atoms with Crippen LogP contribution in [0.3, 0.4) is 0 Å². The Morgan fingerprint density at radius 1 is 1.45 bits per heavy atom. The van der Waals surface area contributed by atoms with Crippen LogP contribution in [0.25, 0.3) is 0 Å². The highest BCUT2D eigenvalue weighted by Crippen LogP contribution is 2.37. The van der Waals surface area contributed by atoms with Gasteiger partial charge in [-0.3, -0.25) is 14.9 Å². The second-order valence-electron chi connectivity index (χ2n) is 4.48. The van der Waals surface area contributed by atoms with Crippen molar-refractivity contribution in [3.05, 3.63) is 28.3 Å². The highest BCUT2D eigenvalue weighted by Gasteiger charge is 2.25. The number of esters is 1. The smallest absolute Gasteiger partial charge is 0.333 e. The summed E-state index contributed by atoms with van der Waals surface area (Å²) in [5.74, 6) is -0.295. The molecule has 0 aliphatic carbocycles. The maximum absolute atomic E-state index is 11.3. The molecule has 0 heterocycles. The first kappa shape index (κ1) is 15.7. The van der Waals surface area contributed by atoms with Gasteiger partial charge in [0.15, 0.2) is 5.75 Å². The molecule has 0 saturated carbocycles. The molecule has 0 aliphatic heterocycles. The average molecular weight is 282 g/mol. The fourth-order valence-electron chi connectivity index (χ4n) is 1.69. The zero-order valence-corrected chi connectivity index (χ0v) is 12.0. The van der Waals surface area contributed by atoms with E-state index < -0.39 is 10.9 Å². The Morgan fingerprint density at radius 3 is 2.60 bits per heavy atom. The number of hydrogen-bond acceptors (Lipinski definition) is 6. The summed E-state index contributed by atoms with van der Waals surface area (Å²) >= 11 is 0. The van der Waals surface area contributed by atoms with Crippen LogP contribution in [0.15, 0.2) is 18.2 Å². The van der Waals surface area contributed by atoms with Crippen molar-refractivity contribution in [3.63, 3.8) is 0 Å². The van der Waals surface area contributed by atoms with Crippen LogP contribution in [-0.2, 0) is 9.53 Å². The van der Waals surface area contributed by atoms with Gasteiger partial charge in [0.05, 0.1) is 18.1 Å². The summed E-state index contributed by atoms with van der Waals surface area (Å²) in [6.45, 7) is 3.49.